The summed E-state index contributed by atoms with van der Waals surface area (Å²) in [4.78, 5) is 0. The molecule has 1 nitrogen and oxygen atoms in total. The Balaban J connectivity index is 0.000000640. The van der Waals surface area contributed by atoms with Gasteiger partial charge in [0.05, 0.1) is 0 Å². The number of rotatable bonds is 0. The molecule has 0 radical (unpaired) electrons. The molecular formula is C7H7OW-. The van der Waals surface area contributed by atoms with Crippen molar-refractivity contribution in [3.05, 3.63) is 36.8 Å². The number of hydrogen-bond acceptors (Lipinski definition) is 1. The molecule has 0 unspecified atom stereocenters. The van der Waals surface area contributed by atoms with Gasteiger partial charge in [-0.05, 0) is 0 Å². The van der Waals surface area contributed by atoms with Crippen LogP contribution >= 0.6 is 0 Å². The van der Waals surface area contributed by atoms with E-state index in [0.29, 0.717) is 5.56 Å². The Morgan fingerprint density at radius 1 is 1.22 bits per heavy atom. The second-order valence-corrected chi connectivity index (χ2v) is 1.63. The molecule has 0 saturated heterocycles. The minimum absolute atomic E-state index is 0. The Bertz CT molecular complexity index is 165. The van der Waals surface area contributed by atoms with E-state index in [9.17, 15) is 0 Å². The summed E-state index contributed by atoms with van der Waals surface area (Å²) in [5.74, 6) is 0.257. The molecule has 1 rings (SSSR count). The zero-order valence-corrected chi connectivity index (χ0v) is 7.81. The molecule has 2 heteroatoms. The SMILES string of the molecule is [CH2-]c1ccccc1O.[W]. The molecule has 0 atom stereocenters. The predicted octanol–water partition coefficient (Wildman–Crippen LogP) is 1.57. The summed E-state index contributed by atoms with van der Waals surface area (Å²) in [5, 5.41) is 8.86. The van der Waals surface area contributed by atoms with Gasteiger partial charge in [0.1, 0.15) is 0 Å². The van der Waals surface area contributed by atoms with E-state index < -0.39 is 0 Å². The van der Waals surface area contributed by atoms with Crippen molar-refractivity contribution >= 4 is 0 Å². The topological polar surface area (TPSA) is 20.2 Å². The van der Waals surface area contributed by atoms with Gasteiger partial charge in [-0.2, -0.15) is 18.6 Å². The third-order valence-electron chi connectivity index (χ3n) is 0.992. The molecular weight excluding hydrogens is 284 g/mol. The minimum atomic E-state index is 0. The van der Waals surface area contributed by atoms with Gasteiger partial charge in [0.25, 0.3) is 0 Å². The van der Waals surface area contributed by atoms with E-state index in [2.05, 4.69) is 6.92 Å². The van der Waals surface area contributed by atoms with E-state index in [4.69, 9.17) is 5.11 Å². The number of phenols is 1. The van der Waals surface area contributed by atoms with Crippen LogP contribution in [0, 0.1) is 6.92 Å². The summed E-state index contributed by atoms with van der Waals surface area (Å²) >= 11 is 0. The molecule has 0 bridgehead atoms. The second kappa shape index (κ2) is 3.57. The molecule has 0 spiro atoms. The first-order valence-corrected chi connectivity index (χ1v) is 2.40. The van der Waals surface area contributed by atoms with Gasteiger partial charge in [-0.25, -0.2) is 0 Å². The molecule has 1 aromatic carbocycles. The molecule has 0 aromatic heterocycles. The average Bonchev–Trinajstić information content (AvgIpc) is 1.77. The molecule has 1 aromatic rings. The summed E-state index contributed by atoms with van der Waals surface area (Å²) in [6.07, 6.45) is 0. The van der Waals surface area contributed by atoms with Crippen molar-refractivity contribution in [3.63, 3.8) is 0 Å². The Morgan fingerprint density at radius 2 is 1.78 bits per heavy atom. The summed E-state index contributed by atoms with van der Waals surface area (Å²) in [6, 6.07) is 6.98. The van der Waals surface area contributed by atoms with Crippen LogP contribution in [0.2, 0.25) is 0 Å². The van der Waals surface area contributed by atoms with E-state index in [1.807, 2.05) is 6.07 Å². The van der Waals surface area contributed by atoms with Gasteiger partial charge in [0.15, 0.2) is 0 Å². The van der Waals surface area contributed by atoms with Gasteiger partial charge >= 0.3 is 0 Å². The Kier molecular flexibility index (Phi) is 3.41. The quantitative estimate of drug-likeness (QED) is 0.719. The fourth-order valence-corrected chi connectivity index (χ4v) is 0.511. The summed E-state index contributed by atoms with van der Waals surface area (Å²) in [5.41, 5.74) is 0.674. The second-order valence-electron chi connectivity index (χ2n) is 1.63. The van der Waals surface area contributed by atoms with Crippen LogP contribution in [0.15, 0.2) is 24.3 Å². The van der Waals surface area contributed by atoms with Gasteiger partial charge < -0.3 is 5.11 Å². The normalized spacial score (nSPS) is 8.00. The van der Waals surface area contributed by atoms with Crippen LogP contribution < -0.4 is 0 Å². The van der Waals surface area contributed by atoms with Crippen LogP contribution in [0.1, 0.15) is 5.56 Å². The number of hydrogen-bond donors (Lipinski definition) is 1. The van der Waals surface area contributed by atoms with Crippen molar-refractivity contribution < 1.29 is 26.2 Å². The van der Waals surface area contributed by atoms with E-state index in [0.717, 1.165) is 0 Å². The van der Waals surface area contributed by atoms with Crippen molar-refractivity contribution in [2.24, 2.45) is 0 Å². The zero-order valence-electron chi connectivity index (χ0n) is 4.87. The first-order chi connectivity index (χ1) is 3.80. The summed E-state index contributed by atoms with van der Waals surface area (Å²) in [6.45, 7) is 3.57. The first-order valence-electron chi connectivity index (χ1n) is 2.40. The van der Waals surface area contributed by atoms with Gasteiger partial charge in [0.2, 0.25) is 0 Å². The Hall–Kier alpha value is -0.422. The predicted molar refractivity (Wildman–Crippen MR) is 32.6 cm³/mol. The van der Waals surface area contributed by atoms with Crippen LogP contribution in [-0.4, -0.2) is 5.11 Å². The van der Waals surface area contributed by atoms with Crippen molar-refractivity contribution in [2.45, 2.75) is 0 Å². The maximum absolute atomic E-state index is 8.86. The number of phenolic OH excluding ortho intramolecular Hbond substituents is 1. The fourth-order valence-electron chi connectivity index (χ4n) is 0.511. The van der Waals surface area contributed by atoms with Crippen molar-refractivity contribution in [1.29, 1.82) is 0 Å². The third kappa shape index (κ3) is 2.11. The minimum Gasteiger partial charge on any atom is -0.565 e. The summed E-state index contributed by atoms with van der Waals surface area (Å²) in [7, 11) is 0. The van der Waals surface area contributed by atoms with Crippen molar-refractivity contribution in [3.8, 4) is 5.75 Å². The molecule has 0 aliphatic heterocycles. The van der Waals surface area contributed by atoms with Gasteiger partial charge in [-0.1, -0.05) is 12.1 Å². The first kappa shape index (κ1) is 8.58. The van der Waals surface area contributed by atoms with Crippen LogP contribution in [0.5, 0.6) is 5.75 Å². The molecule has 9 heavy (non-hydrogen) atoms. The molecule has 0 aliphatic carbocycles. The smallest absolute Gasteiger partial charge is 0.0102 e. The van der Waals surface area contributed by atoms with E-state index in [-0.39, 0.29) is 26.8 Å². The van der Waals surface area contributed by atoms with E-state index >= 15 is 0 Å². The Labute approximate surface area is 69.0 Å². The monoisotopic (exact) mass is 291 g/mol. The maximum Gasteiger partial charge on any atom is 0.0102 e. The fraction of sp³-hybridized carbons (Fsp3) is 0. The standard InChI is InChI=1S/C7H7O.W/c1-6-4-2-3-5-7(6)8;/h2-5,8H,1H2;/q-1;. The van der Waals surface area contributed by atoms with Crippen LogP contribution in [0.3, 0.4) is 0 Å². The number of para-hydroxylation sites is 1. The third-order valence-corrected chi connectivity index (χ3v) is 0.992. The van der Waals surface area contributed by atoms with Crippen LogP contribution in [-0.2, 0) is 21.1 Å². The Morgan fingerprint density at radius 3 is 2.11 bits per heavy atom. The van der Waals surface area contributed by atoms with Gasteiger partial charge in [-0.3, -0.25) is 0 Å². The average molecular weight is 291 g/mol. The molecule has 0 fully saturated rings. The van der Waals surface area contributed by atoms with Gasteiger partial charge in [-0.15, -0.1) is 6.07 Å². The number of benzene rings is 1. The molecule has 0 saturated carbocycles. The van der Waals surface area contributed by atoms with Crippen molar-refractivity contribution in [2.75, 3.05) is 0 Å². The van der Waals surface area contributed by atoms with Crippen molar-refractivity contribution in [1.82, 2.24) is 0 Å². The van der Waals surface area contributed by atoms with E-state index in [1.165, 1.54) is 0 Å². The van der Waals surface area contributed by atoms with Gasteiger partial charge in [0, 0.05) is 26.8 Å². The number of aromatic hydroxyl groups is 1. The maximum atomic E-state index is 8.86. The zero-order chi connectivity index (χ0) is 5.98. The largest absolute Gasteiger partial charge is 0.565 e. The molecule has 0 heterocycles. The van der Waals surface area contributed by atoms with Crippen LogP contribution in [0.25, 0.3) is 0 Å². The molecule has 0 amide bonds. The van der Waals surface area contributed by atoms with Crippen LogP contribution in [0.4, 0.5) is 0 Å². The molecule has 1 N–H and O–H groups in total. The molecule has 0 aliphatic rings. The summed E-state index contributed by atoms with van der Waals surface area (Å²) < 4.78 is 0. The molecule has 48 valence electrons. The van der Waals surface area contributed by atoms with E-state index in [1.54, 1.807) is 18.2 Å².